The molecule has 0 bridgehead atoms. The van der Waals surface area contributed by atoms with Crippen molar-refractivity contribution in [3.05, 3.63) is 156 Å². The van der Waals surface area contributed by atoms with Crippen molar-refractivity contribution in [2.24, 2.45) is 40.5 Å². The van der Waals surface area contributed by atoms with Crippen LogP contribution < -0.4 is 92.5 Å². The molecule has 0 aliphatic heterocycles. The Bertz CT molecular complexity index is 4540. The third-order valence-electron chi connectivity index (χ3n) is 18.7. The Kier molecular flexibility index (Phi) is 33.7. The normalized spacial score (nSPS) is 14.4. The number of H-pyrrole nitrogens is 2. The van der Waals surface area contributed by atoms with Crippen LogP contribution in [0.3, 0.4) is 0 Å². The summed E-state index contributed by atoms with van der Waals surface area (Å²) >= 11 is 0.303. The Morgan fingerprint density at radius 1 is 0.540 bits per heavy atom. The van der Waals surface area contributed by atoms with Crippen LogP contribution in [0.2, 0.25) is 0 Å². The Labute approximate surface area is 655 Å². The van der Waals surface area contributed by atoms with E-state index in [0.29, 0.717) is 63.8 Å². The summed E-state index contributed by atoms with van der Waals surface area (Å²) in [5, 5.41) is 48.2. The van der Waals surface area contributed by atoms with Crippen LogP contribution in [0.15, 0.2) is 134 Å². The Morgan fingerprint density at radius 2 is 1.07 bits per heavy atom. The molecular formula is C77H100N20O15S. The van der Waals surface area contributed by atoms with E-state index in [1.54, 1.807) is 107 Å². The van der Waals surface area contributed by atoms with Crippen LogP contribution in [0.25, 0.3) is 32.6 Å². The van der Waals surface area contributed by atoms with Gasteiger partial charge in [-0.05, 0) is 114 Å². The number of imide groups is 1. The number of aliphatic hydroxyl groups is 1. The largest absolute Gasteiger partial charge is 0.394 e. The zero-order valence-electron chi connectivity index (χ0n) is 62.9. The summed E-state index contributed by atoms with van der Waals surface area (Å²) in [7, 11) is 0. The van der Waals surface area contributed by atoms with Crippen LogP contribution in [0.4, 0.5) is 9.59 Å². The van der Waals surface area contributed by atoms with Crippen LogP contribution in [0.5, 0.6) is 0 Å². The van der Waals surface area contributed by atoms with Gasteiger partial charge in [0.2, 0.25) is 53.2 Å². The number of aromatic amines is 2. The van der Waals surface area contributed by atoms with Gasteiger partial charge >= 0.3 is 6.03 Å². The number of rotatable bonds is 43. The number of unbranched alkanes of at least 4 members (excludes halogenated alkanes) is 1. The lowest BCUT2D eigenvalue weighted by molar-refractivity contribution is -0.136. The molecule has 12 atom stereocenters. The van der Waals surface area contributed by atoms with Crippen molar-refractivity contribution >= 4 is 133 Å². The standard InChI is InChI=1S/C77H100N20O15S/c1-5-42(4)61(80)71(108)92-59(40-99)70(107)97-76(111)93-55(27-17-31-84-75(82)83)66(103)91-58(36-60(79)100)67(104)90-57(35-48-38-86-53-25-14-12-23-51(48)53)69(106)95-63(45-19-7-6-8-20-45)73(110)88-54(26-15-16-30-78)65(102)89-56(34-47-37-85-52-24-13-11-22-50(47)52)68(105)94-62(41(2)3)72(109)96-74(64(81)101)113-77(112)87-49(39-98)33-43-28-29-44-18-9-10-21-46(44)32-43/h6-14,18-25,28-29,32,37-39,41-42,49,54-59,61-63,74,85-86,99H,5,15-17,26-27,30-31,33-36,40,78,80H2,1-4H3,(H2,79,100)(H2,81,101)(H,87,112)(H,88,110)(H,89,102)(H,90,104)(H,91,103)(H,92,108)(H,94,105)(H,95,106)(H,96,109)(H4,82,83,84)(H2,93,97,107,111)/t42-,49-,54-,55-,56+,57+,58-,59-,61-,62+,63+,74-/m0/s1. The molecule has 604 valence electrons. The highest BCUT2D eigenvalue weighted by molar-refractivity contribution is 8.14. The zero-order chi connectivity index (χ0) is 82.4. The van der Waals surface area contributed by atoms with Gasteiger partial charge in [0.05, 0.1) is 25.1 Å². The second-order valence-electron chi connectivity index (χ2n) is 27.5. The highest BCUT2D eigenvalue weighted by Gasteiger charge is 2.38. The van der Waals surface area contributed by atoms with Crippen LogP contribution in [0.1, 0.15) is 101 Å². The number of benzene rings is 5. The summed E-state index contributed by atoms with van der Waals surface area (Å²) < 4.78 is 0. The summed E-state index contributed by atoms with van der Waals surface area (Å²) in [5.41, 5.74) is 32.0. The molecule has 14 amide bonds. The van der Waals surface area contributed by atoms with E-state index in [1.165, 1.54) is 12.1 Å². The van der Waals surface area contributed by atoms with E-state index in [-0.39, 0.29) is 69.5 Å². The molecule has 0 radical (unpaired) electrons. The Morgan fingerprint density at radius 3 is 1.64 bits per heavy atom. The number of carbonyl (C=O) groups is 14. The lowest BCUT2D eigenvalue weighted by Crippen LogP contribution is -2.60. The second-order valence-corrected chi connectivity index (χ2v) is 28.6. The number of carbonyl (C=O) groups excluding carboxylic acids is 14. The van der Waals surface area contributed by atoms with Crippen LogP contribution >= 0.6 is 11.8 Å². The molecule has 113 heavy (non-hydrogen) atoms. The van der Waals surface area contributed by atoms with Crippen molar-refractivity contribution in [3.8, 4) is 0 Å². The fraction of sp³-hybridized carbons (Fsp3) is 0.390. The molecule has 2 heterocycles. The van der Waals surface area contributed by atoms with Gasteiger partial charge in [-0.25, -0.2) is 4.79 Å². The number of hydrogen-bond donors (Lipinski definition) is 21. The quantitative estimate of drug-likeness (QED) is 0.00787. The number of nitrogens with one attached hydrogen (secondary N) is 15. The predicted molar refractivity (Wildman–Crippen MR) is 423 cm³/mol. The van der Waals surface area contributed by atoms with Crippen molar-refractivity contribution in [1.29, 1.82) is 5.41 Å². The third-order valence-corrected chi connectivity index (χ3v) is 19.6. The first-order valence-electron chi connectivity index (χ1n) is 36.8. The molecule has 0 saturated carbocycles. The lowest BCUT2D eigenvalue weighted by atomic mass is 9.99. The van der Waals surface area contributed by atoms with E-state index >= 15 is 14.4 Å². The first-order valence-corrected chi connectivity index (χ1v) is 37.7. The first kappa shape index (κ1) is 87.9. The van der Waals surface area contributed by atoms with Crippen molar-refractivity contribution in [3.63, 3.8) is 0 Å². The molecule has 0 fully saturated rings. The van der Waals surface area contributed by atoms with Crippen LogP contribution in [-0.4, -0.2) is 183 Å². The average Bonchev–Trinajstić information content (AvgIpc) is 1.69. The predicted octanol–water partition coefficient (Wildman–Crippen LogP) is 0.0183. The van der Waals surface area contributed by atoms with E-state index in [1.807, 2.05) is 47.8 Å². The van der Waals surface area contributed by atoms with E-state index in [2.05, 4.69) is 68.5 Å². The maximum atomic E-state index is 15.3. The SMILES string of the molecule is CC[C@H](C)[C@H](N)C(=O)N[C@@H](CO)C(=O)NC(=O)N[C@@H](CCCNC(=N)N)C(=O)N[C@@H](CC(N)=O)C(=O)N[C@H](Cc1c[nH]c2ccccc12)C(=O)N[C@@H](C(=O)N[C@@H](CCCCN)C(=O)N[C@H](Cc1c[nH]c2ccccc12)C(=O)N[C@@H](C(=O)N[C@@H](SC(=O)N[C@H](C=O)Cc1ccc2ccccc2c1)C(N)=O)C(C)C)c1ccccc1. The van der Waals surface area contributed by atoms with Crippen molar-refractivity contribution < 1.29 is 72.2 Å². The minimum atomic E-state index is -1.90. The number of aliphatic hydroxyl groups excluding tert-OH is 1. The summed E-state index contributed by atoms with van der Waals surface area (Å²) in [4.78, 5) is 202. The fourth-order valence-electron chi connectivity index (χ4n) is 12.3. The smallest absolute Gasteiger partial charge is 0.322 e. The molecule has 36 heteroatoms. The van der Waals surface area contributed by atoms with Gasteiger partial charge in [-0.15, -0.1) is 0 Å². The number of nitrogens with two attached hydrogens (primary N) is 5. The zero-order valence-corrected chi connectivity index (χ0v) is 63.8. The van der Waals surface area contributed by atoms with Crippen LogP contribution in [0, 0.1) is 17.2 Å². The number of amides is 14. The monoisotopic (exact) mass is 1580 g/mol. The molecule has 0 saturated heterocycles. The number of aromatic nitrogens is 2. The summed E-state index contributed by atoms with van der Waals surface area (Å²) in [5.74, 6) is -12.8. The van der Waals surface area contributed by atoms with E-state index in [4.69, 9.17) is 34.1 Å². The van der Waals surface area contributed by atoms with Gasteiger partial charge in [0, 0.05) is 53.6 Å². The molecule has 0 spiro atoms. The highest BCUT2D eigenvalue weighted by Crippen LogP contribution is 2.24. The number of aldehydes is 1. The molecule has 35 nitrogen and oxygen atoms in total. The van der Waals surface area contributed by atoms with Gasteiger partial charge in [-0.1, -0.05) is 143 Å². The van der Waals surface area contributed by atoms with Gasteiger partial charge in [0.1, 0.15) is 54.6 Å². The topological polar surface area (TPSA) is 589 Å². The Balaban J connectivity index is 1.13. The number of para-hydroxylation sites is 2. The minimum Gasteiger partial charge on any atom is -0.394 e. The number of guanidine groups is 1. The van der Waals surface area contributed by atoms with Gasteiger partial charge in [0.25, 0.3) is 17.1 Å². The van der Waals surface area contributed by atoms with E-state index < -0.39 is 167 Å². The molecule has 0 aliphatic rings. The molecule has 26 N–H and O–H groups in total. The number of thioether (sulfide) groups is 1. The number of fused-ring (bicyclic) bond motifs is 3. The van der Waals surface area contributed by atoms with Crippen molar-refractivity contribution in [2.45, 2.75) is 158 Å². The van der Waals surface area contributed by atoms with Crippen molar-refractivity contribution in [2.75, 3.05) is 19.7 Å². The second kappa shape index (κ2) is 43.4. The third kappa shape index (κ3) is 26.5. The molecular weight excluding hydrogens is 1480 g/mol. The molecule has 7 aromatic rings. The fourth-order valence-corrected chi connectivity index (χ4v) is 13.0. The highest BCUT2D eigenvalue weighted by atomic mass is 32.2. The van der Waals surface area contributed by atoms with Crippen LogP contribution in [-0.2, 0) is 76.8 Å². The van der Waals surface area contributed by atoms with Gasteiger partial charge < -0.3 is 107 Å². The van der Waals surface area contributed by atoms with Gasteiger partial charge in [-0.2, -0.15) is 0 Å². The maximum absolute atomic E-state index is 15.3. The molecule has 7 rings (SSSR count). The number of primary amides is 2. The number of hydrogen-bond acceptors (Lipinski definition) is 19. The van der Waals surface area contributed by atoms with Crippen molar-refractivity contribution in [1.82, 2.24) is 73.8 Å². The molecule has 5 aromatic carbocycles. The van der Waals surface area contributed by atoms with Gasteiger partial charge in [-0.3, -0.25) is 68.3 Å². The van der Waals surface area contributed by atoms with E-state index in [0.717, 1.165) is 16.3 Å². The van der Waals surface area contributed by atoms with E-state index in [9.17, 15) is 57.8 Å². The average molecular weight is 1580 g/mol. The Hall–Kier alpha value is -12.3. The molecule has 2 aromatic heterocycles. The summed E-state index contributed by atoms with van der Waals surface area (Å²) in [6.07, 6.45) is 3.09. The maximum Gasteiger partial charge on any atom is 0.322 e. The summed E-state index contributed by atoms with van der Waals surface area (Å²) in [6.45, 7) is 5.82. The lowest BCUT2D eigenvalue weighted by Gasteiger charge is -2.29. The van der Waals surface area contributed by atoms with Gasteiger partial charge in [0.15, 0.2) is 11.3 Å². The first-order chi connectivity index (χ1) is 54.0. The molecule has 0 aliphatic carbocycles. The molecule has 0 unspecified atom stereocenters. The number of urea groups is 1. The minimum absolute atomic E-state index is 0.00307. The summed E-state index contributed by atoms with van der Waals surface area (Å²) in [6, 6.07) is 18.5.